The maximum absolute atomic E-state index is 13.5. The van der Waals surface area contributed by atoms with Gasteiger partial charge in [0.05, 0.1) is 12.4 Å². The minimum atomic E-state index is -4.68. The maximum Gasteiger partial charge on any atom is 0.433 e. The summed E-state index contributed by atoms with van der Waals surface area (Å²) in [4.78, 5) is 29.4. The Hall–Kier alpha value is -4.07. The molecule has 0 aromatic carbocycles. The number of unbranched alkanes of at least 4 members (excludes halogenated alkanes) is 1. The molecule has 3 aromatic rings. The molecular formula is C28H33F4N7O3. The van der Waals surface area contributed by atoms with Crippen LogP contribution in [-0.2, 0) is 23.8 Å². The quantitative estimate of drug-likeness (QED) is 0.173. The molecule has 0 radical (unpaired) electrons. The Morgan fingerprint density at radius 3 is 2.79 bits per heavy atom. The molecule has 10 nitrogen and oxygen atoms in total. The first-order chi connectivity index (χ1) is 20.2. The van der Waals surface area contributed by atoms with Crippen molar-refractivity contribution in [3.63, 3.8) is 0 Å². The van der Waals surface area contributed by atoms with Crippen LogP contribution < -0.4 is 15.4 Å². The van der Waals surface area contributed by atoms with Crippen LogP contribution in [0.2, 0.25) is 0 Å². The standard InChI is InChI=1S/C28H33F4N7O3/c29-20-14-22(17-33-16-20)42-13-12-39(10-2-1-5-21-7-6-19-4-3-9-34-26(19)37-21)11-8-23(27(40)41)38-25-15-24(28(30,31)32)35-18-36-25/h6-7,14-18,23H,1-5,8-13H2,(H,34,37)(H,40,41)(H,35,36,38). The highest BCUT2D eigenvalue weighted by Gasteiger charge is 2.33. The summed E-state index contributed by atoms with van der Waals surface area (Å²) in [6, 6.07) is 4.87. The fourth-order valence-electron chi connectivity index (χ4n) is 4.59. The largest absolute Gasteiger partial charge is 0.491 e. The number of halogens is 4. The normalized spacial score (nSPS) is 13.7. The SMILES string of the molecule is O=C(O)C(CCN(CCCCc1ccc2c(n1)NCCC2)CCOc1cncc(F)c1)Nc1cc(C(F)(F)F)ncn1. The van der Waals surface area contributed by atoms with E-state index in [1.165, 1.54) is 17.8 Å². The zero-order chi connectivity index (χ0) is 30.0. The number of fused-ring (bicyclic) bond motifs is 1. The molecule has 42 heavy (non-hydrogen) atoms. The van der Waals surface area contributed by atoms with E-state index in [0.717, 1.165) is 62.7 Å². The molecule has 0 fully saturated rings. The van der Waals surface area contributed by atoms with Crippen molar-refractivity contribution in [2.75, 3.05) is 43.4 Å². The van der Waals surface area contributed by atoms with Crippen molar-refractivity contribution in [1.82, 2.24) is 24.8 Å². The number of nitrogens with zero attached hydrogens (tertiary/aromatic N) is 5. The number of pyridine rings is 2. The van der Waals surface area contributed by atoms with E-state index in [0.29, 0.717) is 25.7 Å². The van der Waals surface area contributed by atoms with Gasteiger partial charge in [0.1, 0.15) is 47.9 Å². The molecule has 1 atom stereocenters. The fraction of sp³-hybridized carbons (Fsp3) is 0.464. The van der Waals surface area contributed by atoms with Crippen molar-refractivity contribution in [1.29, 1.82) is 0 Å². The van der Waals surface area contributed by atoms with E-state index in [2.05, 4.69) is 31.7 Å². The highest BCUT2D eigenvalue weighted by atomic mass is 19.4. The monoisotopic (exact) mass is 591 g/mol. The van der Waals surface area contributed by atoms with Crippen LogP contribution >= 0.6 is 0 Å². The molecule has 0 spiro atoms. The summed E-state index contributed by atoms with van der Waals surface area (Å²) in [6.45, 7) is 2.46. The molecule has 0 bridgehead atoms. The van der Waals surface area contributed by atoms with Crippen LogP contribution in [0, 0.1) is 5.82 Å². The van der Waals surface area contributed by atoms with Crippen LogP contribution in [0.25, 0.3) is 0 Å². The summed E-state index contributed by atoms with van der Waals surface area (Å²) in [6.07, 6.45) is 3.14. The van der Waals surface area contributed by atoms with Gasteiger partial charge in [-0.25, -0.2) is 24.1 Å². The molecule has 1 unspecified atom stereocenters. The Labute approximate surface area is 240 Å². The smallest absolute Gasteiger partial charge is 0.433 e. The number of rotatable bonds is 15. The molecule has 4 rings (SSSR count). The van der Waals surface area contributed by atoms with E-state index in [9.17, 15) is 27.5 Å². The van der Waals surface area contributed by atoms with Gasteiger partial charge in [-0.2, -0.15) is 13.2 Å². The summed E-state index contributed by atoms with van der Waals surface area (Å²) in [5.74, 6) is -0.760. The number of carboxylic acid groups (broad SMARTS) is 1. The van der Waals surface area contributed by atoms with Crippen molar-refractivity contribution >= 4 is 17.6 Å². The number of hydrogen-bond acceptors (Lipinski definition) is 9. The Morgan fingerprint density at radius 1 is 1.14 bits per heavy atom. The van der Waals surface area contributed by atoms with Crippen LogP contribution in [-0.4, -0.2) is 74.7 Å². The molecule has 3 aromatic heterocycles. The van der Waals surface area contributed by atoms with Crippen LogP contribution in [0.15, 0.2) is 43.0 Å². The van der Waals surface area contributed by atoms with Crippen molar-refractivity contribution < 1.29 is 32.2 Å². The summed E-state index contributed by atoms with van der Waals surface area (Å²) in [5, 5.41) is 15.6. The Kier molecular flexibility index (Phi) is 10.8. The lowest BCUT2D eigenvalue weighted by Crippen LogP contribution is -2.37. The topological polar surface area (TPSA) is 125 Å². The average molecular weight is 592 g/mol. The van der Waals surface area contributed by atoms with Crippen LogP contribution in [0.1, 0.15) is 42.6 Å². The lowest BCUT2D eigenvalue weighted by Gasteiger charge is -2.24. The number of aliphatic carboxylic acids is 1. The maximum atomic E-state index is 13.5. The first kappa shape index (κ1) is 30.9. The predicted molar refractivity (Wildman–Crippen MR) is 147 cm³/mol. The summed E-state index contributed by atoms with van der Waals surface area (Å²) >= 11 is 0. The lowest BCUT2D eigenvalue weighted by molar-refractivity contribution is -0.141. The number of aryl methyl sites for hydroxylation is 2. The van der Waals surface area contributed by atoms with E-state index < -0.39 is 29.7 Å². The predicted octanol–water partition coefficient (Wildman–Crippen LogP) is 4.44. The van der Waals surface area contributed by atoms with Crippen molar-refractivity contribution in [3.05, 3.63) is 65.8 Å². The second-order valence-corrected chi connectivity index (χ2v) is 9.94. The highest BCUT2D eigenvalue weighted by Crippen LogP contribution is 2.28. The van der Waals surface area contributed by atoms with E-state index in [4.69, 9.17) is 9.72 Å². The number of aromatic nitrogens is 4. The minimum Gasteiger partial charge on any atom is -0.491 e. The molecular weight excluding hydrogens is 558 g/mol. The van der Waals surface area contributed by atoms with Gasteiger partial charge in [-0.3, -0.25) is 9.88 Å². The van der Waals surface area contributed by atoms with E-state index in [1.807, 2.05) is 11.0 Å². The van der Waals surface area contributed by atoms with Crippen molar-refractivity contribution in [3.8, 4) is 5.75 Å². The van der Waals surface area contributed by atoms with Gasteiger partial charge in [-0.1, -0.05) is 6.07 Å². The van der Waals surface area contributed by atoms with E-state index >= 15 is 0 Å². The molecule has 0 aliphatic carbocycles. The van der Waals surface area contributed by atoms with Gasteiger partial charge in [0.25, 0.3) is 0 Å². The van der Waals surface area contributed by atoms with Gasteiger partial charge in [-0.15, -0.1) is 0 Å². The first-order valence-corrected chi connectivity index (χ1v) is 13.7. The van der Waals surface area contributed by atoms with Crippen LogP contribution in [0.3, 0.4) is 0 Å². The third-order valence-electron chi connectivity index (χ3n) is 6.78. The molecule has 0 saturated carbocycles. The number of carboxylic acids is 1. The minimum absolute atomic E-state index is 0.0836. The van der Waals surface area contributed by atoms with Crippen molar-refractivity contribution in [2.24, 2.45) is 0 Å². The number of hydrogen-bond donors (Lipinski definition) is 3. The van der Waals surface area contributed by atoms with Crippen LogP contribution in [0.5, 0.6) is 5.75 Å². The Bertz CT molecular complexity index is 1330. The van der Waals surface area contributed by atoms with E-state index in [1.54, 1.807) is 0 Å². The number of ether oxygens (including phenoxy) is 1. The van der Waals surface area contributed by atoms with Gasteiger partial charge < -0.3 is 20.5 Å². The average Bonchev–Trinajstić information content (AvgIpc) is 2.96. The number of carbonyl (C=O) groups is 1. The van der Waals surface area contributed by atoms with Crippen molar-refractivity contribution in [2.45, 2.75) is 50.7 Å². The van der Waals surface area contributed by atoms with Gasteiger partial charge in [0.2, 0.25) is 0 Å². The Morgan fingerprint density at radius 2 is 2.00 bits per heavy atom. The summed E-state index contributed by atoms with van der Waals surface area (Å²) < 4.78 is 58.2. The molecule has 0 saturated heterocycles. The zero-order valence-electron chi connectivity index (χ0n) is 22.9. The molecule has 14 heteroatoms. The lowest BCUT2D eigenvalue weighted by atomic mass is 10.1. The molecule has 3 N–H and O–H groups in total. The zero-order valence-corrected chi connectivity index (χ0v) is 22.9. The second-order valence-electron chi connectivity index (χ2n) is 9.94. The molecule has 1 aliphatic heterocycles. The molecule has 226 valence electrons. The summed E-state index contributed by atoms with van der Waals surface area (Å²) in [7, 11) is 0. The van der Waals surface area contributed by atoms with Gasteiger partial charge >= 0.3 is 12.1 Å². The van der Waals surface area contributed by atoms with Gasteiger partial charge in [-0.05, 0) is 56.7 Å². The number of nitrogens with one attached hydrogen (secondary N) is 2. The third kappa shape index (κ3) is 9.50. The van der Waals surface area contributed by atoms with E-state index in [-0.39, 0.29) is 24.6 Å². The molecule has 4 heterocycles. The summed E-state index contributed by atoms with van der Waals surface area (Å²) in [5.41, 5.74) is 1.05. The Balaban J connectivity index is 1.33. The number of anilines is 2. The third-order valence-corrected chi connectivity index (χ3v) is 6.78. The van der Waals surface area contributed by atoms with Gasteiger partial charge in [0.15, 0.2) is 0 Å². The number of alkyl halides is 3. The first-order valence-electron chi connectivity index (χ1n) is 13.7. The molecule has 0 amide bonds. The highest BCUT2D eigenvalue weighted by molar-refractivity contribution is 5.76. The second kappa shape index (κ2) is 14.7. The van der Waals surface area contributed by atoms with Gasteiger partial charge in [0, 0.05) is 37.5 Å². The fourth-order valence-corrected chi connectivity index (χ4v) is 4.59. The molecule has 1 aliphatic rings. The van der Waals surface area contributed by atoms with Crippen LogP contribution in [0.4, 0.5) is 29.2 Å².